The third-order valence-corrected chi connectivity index (χ3v) is 2.44. The van der Waals surface area contributed by atoms with E-state index in [1.54, 1.807) is 18.0 Å². The molecule has 2 rings (SSSR count). The molecule has 0 N–H and O–H groups in total. The van der Waals surface area contributed by atoms with Gasteiger partial charge in [0.2, 0.25) is 5.88 Å². The van der Waals surface area contributed by atoms with Crippen molar-refractivity contribution >= 4 is 26.8 Å². The van der Waals surface area contributed by atoms with Crippen LogP contribution in [0.4, 0.5) is 0 Å². The number of methoxy groups -OCH3 is 1. The highest BCUT2D eigenvalue weighted by Gasteiger charge is 2.11. The summed E-state index contributed by atoms with van der Waals surface area (Å²) < 4.78 is 7.67. The van der Waals surface area contributed by atoms with Crippen LogP contribution < -0.4 is 4.74 Å². The molecule has 0 amide bonds. The summed E-state index contributed by atoms with van der Waals surface area (Å²) in [6, 6.07) is 1.90. The number of aromatic nitrogens is 3. The molecule has 0 aliphatic carbocycles. The SMILES string of the molecule is COc1nccc2c1c(Br)nn2C. The van der Waals surface area contributed by atoms with Crippen LogP contribution in [0.15, 0.2) is 16.9 Å². The summed E-state index contributed by atoms with van der Waals surface area (Å²) in [7, 11) is 3.48. The molecular weight excluding hydrogens is 234 g/mol. The monoisotopic (exact) mass is 241 g/mol. The first kappa shape index (κ1) is 8.50. The first-order valence-electron chi connectivity index (χ1n) is 3.75. The van der Waals surface area contributed by atoms with Crippen molar-refractivity contribution in [2.75, 3.05) is 7.11 Å². The summed E-state index contributed by atoms with van der Waals surface area (Å²) in [5, 5.41) is 5.12. The zero-order chi connectivity index (χ0) is 9.42. The highest BCUT2D eigenvalue weighted by atomic mass is 79.9. The number of halogens is 1. The van der Waals surface area contributed by atoms with Gasteiger partial charge in [0.1, 0.15) is 4.60 Å². The van der Waals surface area contributed by atoms with Crippen LogP contribution in [0.2, 0.25) is 0 Å². The van der Waals surface area contributed by atoms with Gasteiger partial charge in [-0.1, -0.05) is 0 Å². The molecule has 5 heteroatoms. The Kier molecular flexibility index (Phi) is 1.95. The Balaban J connectivity index is 2.88. The van der Waals surface area contributed by atoms with Crippen LogP contribution in [0.3, 0.4) is 0 Å². The minimum atomic E-state index is 0.595. The molecule has 0 aliphatic rings. The number of hydrogen-bond acceptors (Lipinski definition) is 3. The topological polar surface area (TPSA) is 39.9 Å². The fraction of sp³-hybridized carbons (Fsp3) is 0.250. The van der Waals surface area contributed by atoms with Crippen molar-refractivity contribution in [3.8, 4) is 5.88 Å². The molecule has 0 atom stereocenters. The van der Waals surface area contributed by atoms with Crippen molar-refractivity contribution in [3.05, 3.63) is 16.9 Å². The van der Waals surface area contributed by atoms with E-state index in [2.05, 4.69) is 26.0 Å². The lowest BCUT2D eigenvalue weighted by atomic mass is 10.3. The first-order chi connectivity index (χ1) is 6.24. The zero-order valence-corrected chi connectivity index (χ0v) is 8.87. The summed E-state index contributed by atoms with van der Waals surface area (Å²) in [4.78, 5) is 4.09. The lowest BCUT2D eigenvalue weighted by molar-refractivity contribution is 0.403. The van der Waals surface area contributed by atoms with E-state index in [0.717, 1.165) is 15.5 Å². The van der Waals surface area contributed by atoms with Gasteiger partial charge in [0.15, 0.2) is 0 Å². The van der Waals surface area contributed by atoms with Gasteiger partial charge in [-0.15, -0.1) is 0 Å². The van der Waals surface area contributed by atoms with Gasteiger partial charge in [-0.05, 0) is 22.0 Å². The summed E-state index contributed by atoms with van der Waals surface area (Å²) in [6.07, 6.45) is 1.70. The van der Waals surface area contributed by atoms with Crippen molar-refractivity contribution in [1.29, 1.82) is 0 Å². The molecule has 0 bridgehead atoms. The predicted molar refractivity (Wildman–Crippen MR) is 52.8 cm³/mol. The van der Waals surface area contributed by atoms with Crippen molar-refractivity contribution in [1.82, 2.24) is 14.8 Å². The van der Waals surface area contributed by atoms with Crippen LogP contribution in [-0.2, 0) is 7.05 Å². The molecule has 0 unspecified atom stereocenters. The van der Waals surface area contributed by atoms with Crippen molar-refractivity contribution in [2.45, 2.75) is 0 Å². The van der Waals surface area contributed by atoms with Crippen LogP contribution in [0, 0.1) is 0 Å². The molecule has 0 fully saturated rings. The fourth-order valence-electron chi connectivity index (χ4n) is 1.29. The summed E-state index contributed by atoms with van der Waals surface area (Å²) in [6.45, 7) is 0. The number of pyridine rings is 1. The zero-order valence-electron chi connectivity index (χ0n) is 7.28. The van der Waals surface area contributed by atoms with E-state index in [9.17, 15) is 0 Å². The molecule has 68 valence electrons. The van der Waals surface area contributed by atoms with E-state index in [1.165, 1.54) is 0 Å². The standard InChI is InChI=1S/C8H8BrN3O/c1-12-5-3-4-10-8(13-2)6(5)7(9)11-12/h3-4H,1-2H3. The molecule has 2 aromatic rings. The molecule has 13 heavy (non-hydrogen) atoms. The fourth-order valence-corrected chi connectivity index (χ4v) is 1.90. The molecule has 0 radical (unpaired) electrons. The van der Waals surface area contributed by atoms with Gasteiger partial charge in [-0.2, -0.15) is 5.10 Å². The Labute approximate surface area is 83.7 Å². The largest absolute Gasteiger partial charge is 0.480 e. The highest BCUT2D eigenvalue weighted by Crippen LogP contribution is 2.29. The lowest BCUT2D eigenvalue weighted by Gasteiger charge is -1.99. The maximum atomic E-state index is 5.13. The van der Waals surface area contributed by atoms with E-state index in [-0.39, 0.29) is 0 Å². The van der Waals surface area contributed by atoms with E-state index < -0.39 is 0 Å². The van der Waals surface area contributed by atoms with Gasteiger partial charge in [-0.25, -0.2) is 4.98 Å². The van der Waals surface area contributed by atoms with Gasteiger partial charge in [0.25, 0.3) is 0 Å². The smallest absolute Gasteiger partial charge is 0.225 e. The van der Waals surface area contributed by atoms with Gasteiger partial charge in [0, 0.05) is 13.2 Å². The Hall–Kier alpha value is -1.10. The van der Waals surface area contributed by atoms with E-state index in [1.807, 2.05) is 13.1 Å². The molecule has 2 aromatic heterocycles. The second kappa shape index (κ2) is 2.99. The van der Waals surface area contributed by atoms with Crippen molar-refractivity contribution < 1.29 is 4.74 Å². The van der Waals surface area contributed by atoms with Crippen LogP contribution in [-0.4, -0.2) is 21.9 Å². The molecule has 0 aromatic carbocycles. The molecule has 0 aliphatic heterocycles. The van der Waals surface area contributed by atoms with Gasteiger partial charge >= 0.3 is 0 Å². The Bertz CT molecular complexity index is 452. The Morgan fingerprint density at radius 3 is 3.00 bits per heavy atom. The van der Waals surface area contributed by atoms with Crippen molar-refractivity contribution in [2.24, 2.45) is 7.05 Å². The summed E-state index contributed by atoms with van der Waals surface area (Å²) >= 11 is 3.36. The number of aryl methyl sites for hydroxylation is 1. The number of hydrogen-bond donors (Lipinski definition) is 0. The van der Waals surface area contributed by atoms with Crippen LogP contribution in [0.5, 0.6) is 5.88 Å². The van der Waals surface area contributed by atoms with Gasteiger partial charge in [0.05, 0.1) is 18.0 Å². The van der Waals surface area contributed by atoms with Crippen LogP contribution >= 0.6 is 15.9 Å². The third kappa shape index (κ3) is 1.19. The minimum absolute atomic E-state index is 0.595. The van der Waals surface area contributed by atoms with E-state index >= 15 is 0 Å². The summed E-state index contributed by atoms with van der Waals surface area (Å²) in [5.41, 5.74) is 0.999. The Morgan fingerprint density at radius 1 is 1.54 bits per heavy atom. The molecule has 0 saturated heterocycles. The molecule has 0 saturated carbocycles. The average molecular weight is 242 g/mol. The number of rotatable bonds is 1. The van der Waals surface area contributed by atoms with Crippen LogP contribution in [0.25, 0.3) is 10.9 Å². The maximum Gasteiger partial charge on any atom is 0.225 e. The molecule has 4 nitrogen and oxygen atoms in total. The molecular formula is C8H8BrN3O. The van der Waals surface area contributed by atoms with E-state index in [4.69, 9.17) is 4.74 Å². The molecule has 2 heterocycles. The average Bonchev–Trinajstić information content (AvgIpc) is 2.43. The lowest BCUT2D eigenvalue weighted by Crippen LogP contribution is -1.90. The predicted octanol–water partition coefficient (Wildman–Crippen LogP) is 1.74. The first-order valence-corrected chi connectivity index (χ1v) is 4.54. The minimum Gasteiger partial charge on any atom is -0.480 e. The normalized spacial score (nSPS) is 10.7. The van der Waals surface area contributed by atoms with Crippen LogP contribution in [0.1, 0.15) is 0 Å². The quantitative estimate of drug-likeness (QED) is 0.764. The summed E-state index contributed by atoms with van der Waals surface area (Å²) in [5.74, 6) is 0.595. The Morgan fingerprint density at radius 2 is 2.31 bits per heavy atom. The van der Waals surface area contributed by atoms with Gasteiger partial charge < -0.3 is 4.74 Å². The van der Waals surface area contributed by atoms with Crippen molar-refractivity contribution in [3.63, 3.8) is 0 Å². The number of fused-ring (bicyclic) bond motifs is 1. The highest BCUT2D eigenvalue weighted by molar-refractivity contribution is 9.10. The van der Waals surface area contributed by atoms with E-state index in [0.29, 0.717) is 5.88 Å². The second-order valence-electron chi connectivity index (χ2n) is 2.63. The maximum absolute atomic E-state index is 5.13. The number of nitrogens with zero attached hydrogens (tertiary/aromatic N) is 3. The number of ether oxygens (including phenoxy) is 1. The third-order valence-electron chi connectivity index (χ3n) is 1.88. The molecule has 0 spiro atoms. The second-order valence-corrected chi connectivity index (χ2v) is 3.38. The van der Waals surface area contributed by atoms with Gasteiger partial charge in [-0.3, -0.25) is 4.68 Å².